The molecular formula is C29H31FN4O. The van der Waals surface area contributed by atoms with Gasteiger partial charge in [-0.3, -0.25) is 4.79 Å². The van der Waals surface area contributed by atoms with E-state index in [1.165, 1.54) is 28.8 Å². The summed E-state index contributed by atoms with van der Waals surface area (Å²) in [5.41, 5.74) is 6.70. The van der Waals surface area contributed by atoms with Gasteiger partial charge in [-0.25, -0.2) is 9.37 Å². The Hall–Kier alpha value is -3.67. The van der Waals surface area contributed by atoms with Crippen LogP contribution in [0.15, 0.2) is 66.7 Å². The number of nitrogens with zero attached hydrogens (tertiary/aromatic N) is 3. The number of hydrogen-bond acceptors (Lipinski definition) is 3. The van der Waals surface area contributed by atoms with Gasteiger partial charge < -0.3 is 14.8 Å². The van der Waals surface area contributed by atoms with Gasteiger partial charge in [0, 0.05) is 25.6 Å². The van der Waals surface area contributed by atoms with Crippen molar-refractivity contribution in [1.82, 2.24) is 14.9 Å². The molecule has 1 amide bonds. The number of aryl methyl sites for hydroxylation is 2. The lowest BCUT2D eigenvalue weighted by atomic mass is 9.96. The van der Waals surface area contributed by atoms with Gasteiger partial charge in [0.15, 0.2) is 0 Å². The number of fused-ring (bicyclic) bond motifs is 1. The number of aromatic nitrogens is 2. The zero-order chi connectivity index (χ0) is 24.4. The molecule has 1 saturated heterocycles. The van der Waals surface area contributed by atoms with Gasteiger partial charge in [-0.05, 0) is 67.6 Å². The number of hydrogen-bond donors (Lipinski definition) is 1. The Morgan fingerprint density at radius 3 is 2.63 bits per heavy atom. The van der Waals surface area contributed by atoms with E-state index in [9.17, 15) is 9.18 Å². The predicted octanol–water partition coefficient (Wildman–Crippen LogP) is 5.37. The standard InChI is InChI=1S/C29H31FN4O/c1-20-10-11-21(2)24(16-20)19-34-27-9-4-3-8-26(27)32-29(34)33-14-12-23(13-15-33)28(35)31-18-22-6-5-7-25(30)17-22/h3-11,16-17,23H,12-15,18-19H2,1-2H3,(H,31,35). The van der Waals surface area contributed by atoms with Crippen LogP contribution in [-0.4, -0.2) is 28.5 Å². The summed E-state index contributed by atoms with van der Waals surface area (Å²) in [5.74, 6) is 0.675. The van der Waals surface area contributed by atoms with Crippen molar-refractivity contribution in [3.8, 4) is 0 Å². The Morgan fingerprint density at radius 2 is 1.83 bits per heavy atom. The molecule has 180 valence electrons. The van der Waals surface area contributed by atoms with Crippen molar-refractivity contribution >= 4 is 22.9 Å². The van der Waals surface area contributed by atoms with Gasteiger partial charge in [-0.2, -0.15) is 0 Å². The van der Waals surface area contributed by atoms with E-state index in [1.54, 1.807) is 6.07 Å². The second kappa shape index (κ2) is 9.90. The highest BCUT2D eigenvalue weighted by molar-refractivity contribution is 5.80. The Balaban J connectivity index is 1.30. The molecule has 0 saturated carbocycles. The minimum atomic E-state index is -0.284. The highest BCUT2D eigenvalue weighted by Crippen LogP contribution is 2.28. The molecule has 0 aliphatic carbocycles. The van der Waals surface area contributed by atoms with Crippen molar-refractivity contribution in [3.05, 3.63) is 94.8 Å². The Morgan fingerprint density at radius 1 is 1.03 bits per heavy atom. The number of amides is 1. The van der Waals surface area contributed by atoms with Crippen LogP contribution in [0.3, 0.4) is 0 Å². The molecule has 1 aromatic heterocycles. The molecule has 1 N–H and O–H groups in total. The first kappa shape index (κ1) is 23.1. The van der Waals surface area contributed by atoms with Gasteiger partial charge in [0.25, 0.3) is 0 Å². The summed E-state index contributed by atoms with van der Waals surface area (Å²) in [6.07, 6.45) is 1.53. The van der Waals surface area contributed by atoms with Crippen LogP contribution in [0.1, 0.15) is 35.1 Å². The van der Waals surface area contributed by atoms with Crippen LogP contribution in [-0.2, 0) is 17.9 Å². The summed E-state index contributed by atoms with van der Waals surface area (Å²) >= 11 is 0. The number of nitrogens with one attached hydrogen (secondary N) is 1. The highest BCUT2D eigenvalue weighted by atomic mass is 19.1. The second-order valence-corrected chi connectivity index (χ2v) is 9.53. The maximum Gasteiger partial charge on any atom is 0.223 e. The maximum absolute atomic E-state index is 13.4. The Labute approximate surface area is 205 Å². The van der Waals surface area contributed by atoms with Crippen LogP contribution in [0.25, 0.3) is 11.0 Å². The van der Waals surface area contributed by atoms with E-state index in [4.69, 9.17) is 4.98 Å². The van der Waals surface area contributed by atoms with Crippen molar-refractivity contribution in [1.29, 1.82) is 0 Å². The summed E-state index contributed by atoms with van der Waals surface area (Å²) in [6.45, 7) is 6.93. The molecule has 2 heterocycles. The molecule has 4 aromatic rings. The number of anilines is 1. The largest absolute Gasteiger partial charge is 0.352 e. The molecule has 0 unspecified atom stereocenters. The minimum Gasteiger partial charge on any atom is -0.352 e. The van der Waals surface area contributed by atoms with E-state index in [1.807, 2.05) is 12.1 Å². The van der Waals surface area contributed by atoms with Crippen molar-refractivity contribution in [2.45, 2.75) is 39.8 Å². The third kappa shape index (κ3) is 5.06. The fourth-order valence-electron chi connectivity index (χ4n) is 4.92. The average molecular weight is 471 g/mol. The summed E-state index contributed by atoms with van der Waals surface area (Å²) in [4.78, 5) is 20.1. The number of rotatable bonds is 6. The molecule has 0 radical (unpaired) electrons. The molecule has 35 heavy (non-hydrogen) atoms. The molecule has 1 fully saturated rings. The van der Waals surface area contributed by atoms with Crippen LogP contribution in [0.5, 0.6) is 0 Å². The number of imidazole rings is 1. The third-order valence-electron chi connectivity index (χ3n) is 6.97. The van der Waals surface area contributed by atoms with E-state index in [0.29, 0.717) is 6.54 Å². The number of piperidine rings is 1. The summed E-state index contributed by atoms with van der Waals surface area (Å²) in [7, 11) is 0. The maximum atomic E-state index is 13.4. The van der Waals surface area contributed by atoms with Gasteiger partial charge in [0.05, 0.1) is 17.6 Å². The van der Waals surface area contributed by atoms with Gasteiger partial charge in [0.2, 0.25) is 11.9 Å². The molecule has 5 rings (SSSR count). The average Bonchev–Trinajstić information content (AvgIpc) is 3.23. The Kier molecular flexibility index (Phi) is 6.53. The molecular weight excluding hydrogens is 439 g/mol. The first-order valence-electron chi connectivity index (χ1n) is 12.3. The predicted molar refractivity (Wildman–Crippen MR) is 138 cm³/mol. The molecule has 5 nitrogen and oxygen atoms in total. The van der Waals surface area contributed by atoms with E-state index in [-0.39, 0.29) is 17.6 Å². The van der Waals surface area contributed by atoms with Crippen molar-refractivity contribution in [2.24, 2.45) is 5.92 Å². The molecule has 6 heteroatoms. The summed E-state index contributed by atoms with van der Waals surface area (Å²) < 4.78 is 15.7. The quantitative estimate of drug-likeness (QED) is 0.412. The van der Waals surface area contributed by atoms with Gasteiger partial charge in [-0.1, -0.05) is 48.0 Å². The van der Waals surface area contributed by atoms with E-state index in [2.05, 4.69) is 65.0 Å². The molecule has 0 spiro atoms. The van der Waals surface area contributed by atoms with E-state index < -0.39 is 0 Å². The molecule has 3 aromatic carbocycles. The molecule has 1 aliphatic heterocycles. The van der Waals surface area contributed by atoms with Crippen molar-refractivity contribution in [2.75, 3.05) is 18.0 Å². The van der Waals surface area contributed by atoms with E-state index >= 15 is 0 Å². The third-order valence-corrected chi connectivity index (χ3v) is 6.97. The number of benzene rings is 3. The molecule has 0 bridgehead atoms. The van der Waals surface area contributed by atoms with Crippen LogP contribution in [0.4, 0.5) is 10.3 Å². The monoisotopic (exact) mass is 470 g/mol. The van der Waals surface area contributed by atoms with Crippen molar-refractivity contribution < 1.29 is 9.18 Å². The van der Waals surface area contributed by atoms with Gasteiger partial charge in [-0.15, -0.1) is 0 Å². The summed E-state index contributed by atoms with van der Waals surface area (Å²) in [5, 5.41) is 2.98. The number of carbonyl (C=O) groups is 1. The van der Waals surface area contributed by atoms with Crippen molar-refractivity contribution in [3.63, 3.8) is 0 Å². The van der Waals surface area contributed by atoms with Gasteiger partial charge in [0.1, 0.15) is 5.82 Å². The zero-order valence-corrected chi connectivity index (χ0v) is 20.3. The lowest BCUT2D eigenvalue weighted by molar-refractivity contribution is -0.125. The summed E-state index contributed by atoms with van der Waals surface area (Å²) in [6, 6.07) is 21.2. The lowest BCUT2D eigenvalue weighted by Gasteiger charge is -2.32. The fraction of sp³-hybridized carbons (Fsp3) is 0.310. The van der Waals surface area contributed by atoms with E-state index in [0.717, 1.165) is 55.0 Å². The normalized spacial score (nSPS) is 14.4. The smallest absolute Gasteiger partial charge is 0.223 e. The first-order valence-corrected chi connectivity index (χ1v) is 12.3. The number of carbonyl (C=O) groups excluding carboxylic acids is 1. The SMILES string of the molecule is Cc1ccc(C)c(Cn2c(N3CCC(C(=O)NCc4cccc(F)c4)CC3)nc3ccccc32)c1. The van der Waals surface area contributed by atoms with Gasteiger partial charge >= 0.3 is 0 Å². The van der Waals surface area contributed by atoms with Crippen LogP contribution < -0.4 is 10.2 Å². The number of para-hydroxylation sites is 2. The number of halogens is 1. The van der Waals surface area contributed by atoms with Crippen LogP contribution in [0, 0.1) is 25.6 Å². The molecule has 1 aliphatic rings. The second-order valence-electron chi connectivity index (χ2n) is 9.53. The zero-order valence-electron chi connectivity index (χ0n) is 20.3. The Bertz CT molecular complexity index is 1350. The lowest BCUT2D eigenvalue weighted by Crippen LogP contribution is -2.41. The highest BCUT2D eigenvalue weighted by Gasteiger charge is 2.27. The molecule has 0 atom stereocenters. The topological polar surface area (TPSA) is 50.2 Å². The minimum absolute atomic E-state index is 0.0396. The first-order chi connectivity index (χ1) is 17.0. The van der Waals surface area contributed by atoms with Crippen LogP contribution in [0.2, 0.25) is 0 Å². The fourth-order valence-corrected chi connectivity index (χ4v) is 4.92. The van der Waals surface area contributed by atoms with Crippen LogP contribution >= 0.6 is 0 Å².